The van der Waals surface area contributed by atoms with E-state index in [1.165, 1.54) is 0 Å². The first-order valence-corrected chi connectivity index (χ1v) is 13.3. The van der Waals surface area contributed by atoms with Gasteiger partial charge in [0.25, 0.3) is 11.8 Å². The van der Waals surface area contributed by atoms with Gasteiger partial charge in [-0.3, -0.25) is 9.59 Å². The highest BCUT2D eigenvalue weighted by Gasteiger charge is 2.50. The number of benzene rings is 1. The number of hydrogen-bond donors (Lipinski definition) is 1. The first-order valence-electron chi connectivity index (χ1n) is 12.5. The van der Waals surface area contributed by atoms with Crippen LogP contribution in [0.25, 0.3) is 11.3 Å². The number of rotatable bonds is 5. The number of halogens is 2. The van der Waals surface area contributed by atoms with E-state index in [1.54, 1.807) is 21.9 Å². The van der Waals surface area contributed by atoms with Crippen molar-refractivity contribution in [1.82, 2.24) is 19.4 Å². The van der Waals surface area contributed by atoms with E-state index in [2.05, 4.69) is 18.4 Å². The van der Waals surface area contributed by atoms with E-state index in [1.807, 2.05) is 6.07 Å². The van der Waals surface area contributed by atoms with Crippen LogP contribution < -0.4 is 0 Å². The minimum Gasteiger partial charge on any atom is -0.380 e. The predicted molar refractivity (Wildman–Crippen MR) is 136 cm³/mol. The molecule has 0 radical (unpaired) electrons. The second kappa shape index (κ2) is 9.09. The van der Waals surface area contributed by atoms with Crippen LogP contribution in [-0.4, -0.2) is 68.1 Å². The number of fused-ring (bicyclic) bond motifs is 1. The number of aryl methyl sites for hydroxylation is 1. The third kappa shape index (κ3) is 4.58. The first-order chi connectivity index (χ1) is 16.6. The molecule has 2 fully saturated rings. The van der Waals surface area contributed by atoms with Gasteiger partial charge in [-0.15, -0.1) is 0 Å². The van der Waals surface area contributed by atoms with E-state index in [9.17, 15) is 14.7 Å². The molecule has 1 unspecified atom stereocenters. The van der Waals surface area contributed by atoms with Crippen molar-refractivity contribution in [3.05, 3.63) is 39.8 Å². The summed E-state index contributed by atoms with van der Waals surface area (Å²) < 4.78 is 2.13. The lowest BCUT2D eigenvalue weighted by atomic mass is 9.79. The van der Waals surface area contributed by atoms with Gasteiger partial charge in [-0.05, 0) is 43.2 Å². The fourth-order valence-corrected chi connectivity index (χ4v) is 6.01. The van der Waals surface area contributed by atoms with E-state index >= 15 is 0 Å². The Hall–Kier alpha value is -2.09. The summed E-state index contributed by atoms with van der Waals surface area (Å²) in [6.45, 7) is 7.03. The summed E-state index contributed by atoms with van der Waals surface area (Å²) in [7, 11) is 0. The van der Waals surface area contributed by atoms with Crippen molar-refractivity contribution in [2.75, 3.05) is 26.2 Å². The topological polar surface area (TPSA) is 78.7 Å². The van der Waals surface area contributed by atoms with Crippen molar-refractivity contribution >= 4 is 35.0 Å². The van der Waals surface area contributed by atoms with Crippen LogP contribution in [0.15, 0.2) is 18.2 Å². The van der Waals surface area contributed by atoms with Gasteiger partial charge in [0.2, 0.25) is 0 Å². The summed E-state index contributed by atoms with van der Waals surface area (Å²) in [5, 5.41) is 11.1. The molecule has 1 saturated carbocycles. The average Bonchev–Trinajstić information content (AvgIpc) is 3.52. The number of imidazole rings is 1. The number of carbonyl (C=O) groups excluding carboxylic acids is 2. The molecule has 0 spiro atoms. The van der Waals surface area contributed by atoms with Crippen LogP contribution in [-0.2, 0) is 17.8 Å². The molecule has 35 heavy (non-hydrogen) atoms. The van der Waals surface area contributed by atoms with Gasteiger partial charge in [-0.1, -0.05) is 49.5 Å². The lowest BCUT2D eigenvalue weighted by Crippen LogP contribution is -2.53. The molecule has 2 amide bonds. The Morgan fingerprint density at radius 2 is 1.77 bits per heavy atom. The van der Waals surface area contributed by atoms with Gasteiger partial charge in [-0.25, -0.2) is 4.98 Å². The van der Waals surface area contributed by atoms with E-state index < -0.39 is 5.60 Å². The summed E-state index contributed by atoms with van der Waals surface area (Å²) in [6.07, 6.45) is 5.34. The third-order valence-electron chi connectivity index (χ3n) is 7.78. The Bertz CT molecular complexity index is 1170. The summed E-state index contributed by atoms with van der Waals surface area (Å²) in [5.41, 5.74) is 0.972. The molecule has 3 heterocycles. The molecule has 5 rings (SSSR count). The zero-order chi connectivity index (χ0) is 25.0. The Balaban J connectivity index is 1.30. The number of aromatic nitrogens is 2. The van der Waals surface area contributed by atoms with Gasteiger partial charge in [0.15, 0.2) is 0 Å². The van der Waals surface area contributed by atoms with Crippen LogP contribution in [0.2, 0.25) is 10.2 Å². The minimum atomic E-state index is -1.17. The zero-order valence-electron chi connectivity index (χ0n) is 20.3. The predicted octanol–water partition coefficient (Wildman–Crippen LogP) is 4.42. The van der Waals surface area contributed by atoms with Gasteiger partial charge in [0, 0.05) is 44.7 Å². The molecule has 9 heteroatoms. The van der Waals surface area contributed by atoms with Crippen LogP contribution >= 0.6 is 23.2 Å². The van der Waals surface area contributed by atoms with Crippen molar-refractivity contribution in [2.24, 2.45) is 5.41 Å². The summed E-state index contributed by atoms with van der Waals surface area (Å²) in [5.74, 6) is 0.615. The van der Waals surface area contributed by atoms with Crippen molar-refractivity contribution < 1.29 is 14.7 Å². The van der Waals surface area contributed by atoms with E-state index in [0.717, 1.165) is 43.6 Å². The monoisotopic (exact) mass is 518 g/mol. The third-order valence-corrected chi connectivity index (χ3v) is 8.47. The maximum Gasteiger partial charge on any atom is 0.255 e. The second-order valence-corrected chi connectivity index (χ2v) is 11.4. The molecule has 3 aliphatic rings. The highest BCUT2D eigenvalue weighted by atomic mass is 35.5. The number of hydrogen-bond acceptors (Lipinski definition) is 4. The van der Waals surface area contributed by atoms with Crippen LogP contribution in [0, 0.1) is 5.41 Å². The van der Waals surface area contributed by atoms with Gasteiger partial charge < -0.3 is 19.5 Å². The van der Waals surface area contributed by atoms with Crippen LogP contribution in [0.1, 0.15) is 62.1 Å². The lowest BCUT2D eigenvalue weighted by molar-refractivity contribution is -0.143. The Labute approximate surface area is 216 Å². The Morgan fingerprint density at radius 3 is 2.40 bits per heavy atom. The quantitative estimate of drug-likeness (QED) is 0.635. The number of amides is 2. The number of carbonyl (C=O) groups is 2. The second-order valence-electron chi connectivity index (χ2n) is 10.6. The largest absolute Gasteiger partial charge is 0.380 e. The van der Waals surface area contributed by atoms with Crippen LogP contribution in [0.5, 0.6) is 0 Å². The summed E-state index contributed by atoms with van der Waals surface area (Å²) >= 11 is 13.4. The van der Waals surface area contributed by atoms with E-state index in [-0.39, 0.29) is 17.2 Å². The first kappa shape index (κ1) is 24.6. The van der Waals surface area contributed by atoms with Gasteiger partial charge in [-0.2, -0.15) is 0 Å². The molecule has 1 N–H and O–H groups in total. The number of piperazine rings is 1. The molecule has 188 valence electrons. The lowest BCUT2D eigenvalue weighted by Gasteiger charge is -2.36. The Kier molecular flexibility index (Phi) is 6.39. The fraction of sp³-hybridized carbons (Fsp3) is 0.577. The molecule has 1 aromatic carbocycles. The molecular formula is C26H32Cl2N4O3. The van der Waals surface area contributed by atoms with Gasteiger partial charge >= 0.3 is 0 Å². The SMILES string of the molecule is CCCC1(C)CCc2nc(-c3ccc(C(=O)N4CCN(C(=O)C5(O)CC5)CC4)c(Cl)c3)c(Cl)n2C1. The van der Waals surface area contributed by atoms with Gasteiger partial charge in [0.05, 0.1) is 10.6 Å². The molecule has 1 aliphatic carbocycles. The summed E-state index contributed by atoms with van der Waals surface area (Å²) in [6, 6.07) is 5.36. The molecule has 2 aromatic rings. The number of nitrogens with zero attached hydrogens (tertiary/aromatic N) is 4. The normalized spacial score (nSPS) is 23.2. The fourth-order valence-electron chi connectivity index (χ4n) is 5.44. The smallest absolute Gasteiger partial charge is 0.255 e. The van der Waals surface area contributed by atoms with Crippen molar-refractivity contribution in [1.29, 1.82) is 0 Å². The van der Waals surface area contributed by atoms with Crippen LogP contribution in [0.3, 0.4) is 0 Å². The average molecular weight is 519 g/mol. The molecule has 0 bridgehead atoms. The number of aliphatic hydroxyl groups is 1. The molecule has 2 aliphatic heterocycles. The maximum atomic E-state index is 13.2. The van der Waals surface area contributed by atoms with Crippen molar-refractivity contribution in [3.63, 3.8) is 0 Å². The van der Waals surface area contributed by atoms with E-state index in [4.69, 9.17) is 28.2 Å². The van der Waals surface area contributed by atoms with Crippen molar-refractivity contribution in [2.45, 2.75) is 64.5 Å². The molecule has 1 saturated heterocycles. The Morgan fingerprint density at radius 1 is 1.09 bits per heavy atom. The highest BCUT2D eigenvalue weighted by Crippen LogP contribution is 2.41. The van der Waals surface area contributed by atoms with E-state index in [0.29, 0.717) is 60.5 Å². The highest BCUT2D eigenvalue weighted by molar-refractivity contribution is 6.34. The molecule has 7 nitrogen and oxygen atoms in total. The van der Waals surface area contributed by atoms with Gasteiger partial charge in [0.1, 0.15) is 22.3 Å². The summed E-state index contributed by atoms with van der Waals surface area (Å²) in [4.78, 5) is 33.7. The minimum absolute atomic E-state index is 0.163. The standard InChI is InChI=1S/C26H32Cl2N4O3/c1-3-7-25(2)8-6-20-29-21(22(28)32(20)16-25)17-4-5-18(19(27)15-17)23(33)30-11-13-31(14-12-30)24(34)26(35)9-10-26/h4-5,15,35H,3,6-14,16H2,1-2H3. The zero-order valence-corrected chi connectivity index (χ0v) is 21.8. The van der Waals surface area contributed by atoms with Crippen molar-refractivity contribution in [3.8, 4) is 11.3 Å². The molecular weight excluding hydrogens is 487 g/mol. The van der Waals surface area contributed by atoms with Crippen LogP contribution in [0.4, 0.5) is 0 Å². The molecule has 1 atom stereocenters. The maximum absolute atomic E-state index is 13.2. The molecule has 1 aromatic heterocycles.